The lowest BCUT2D eigenvalue weighted by Gasteiger charge is -2.29. The van der Waals surface area contributed by atoms with E-state index in [-0.39, 0.29) is 0 Å². The van der Waals surface area contributed by atoms with Gasteiger partial charge in [0.2, 0.25) is 0 Å². The minimum atomic E-state index is 0.502. The maximum atomic E-state index is 4.58. The second-order valence-corrected chi connectivity index (χ2v) is 5.72. The summed E-state index contributed by atoms with van der Waals surface area (Å²) in [6.45, 7) is 4.23. The largest absolute Gasteiger partial charge is 0.324 e. The number of piperidine rings is 1. The number of nitrogens with zero attached hydrogens (tertiary/aromatic N) is 4. The fourth-order valence-electron chi connectivity index (χ4n) is 2.77. The third-order valence-corrected chi connectivity index (χ3v) is 3.86. The van der Waals surface area contributed by atoms with E-state index < -0.39 is 0 Å². The smallest absolute Gasteiger partial charge is 0.150 e. The van der Waals surface area contributed by atoms with Crippen LogP contribution in [0, 0.1) is 6.92 Å². The molecule has 3 heterocycles. The van der Waals surface area contributed by atoms with Gasteiger partial charge in [0.25, 0.3) is 0 Å². The Hall–Kier alpha value is -2.01. The normalized spacial score (nSPS) is 19.4. The van der Waals surface area contributed by atoms with Crippen molar-refractivity contribution in [2.45, 2.75) is 25.7 Å². The van der Waals surface area contributed by atoms with Gasteiger partial charge < -0.3 is 10.2 Å². The molecule has 21 heavy (non-hydrogen) atoms. The average molecular weight is 283 g/mol. The highest BCUT2D eigenvalue weighted by molar-refractivity contribution is 5.50. The van der Waals surface area contributed by atoms with Crippen LogP contribution in [0.4, 0.5) is 11.6 Å². The summed E-state index contributed by atoms with van der Waals surface area (Å²) >= 11 is 0. The molecular weight excluding hydrogens is 262 g/mol. The molecule has 2 aromatic heterocycles. The Kier molecular flexibility index (Phi) is 4.10. The summed E-state index contributed by atoms with van der Waals surface area (Å²) in [4.78, 5) is 15.8. The number of aromatic nitrogens is 3. The zero-order chi connectivity index (χ0) is 14.7. The second-order valence-electron chi connectivity index (χ2n) is 5.72. The van der Waals surface area contributed by atoms with Crippen molar-refractivity contribution in [3.8, 4) is 0 Å². The molecule has 0 bridgehead atoms. The topological polar surface area (TPSA) is 53.9 Å². The Morgan fingerprint density at radius 3 is 2.81 bits per heavy atom. The number of hydrogen-bond acceptors (Lipinski definition) is 5. The van der Waals surface area contributed by atoms with Crippen LogP contribution >= 0.6 is 0 Å². The molecule has 0 unspecified atom stereocenters. The van der Waals surface area contributed by atoms with Crippen molar-refractivity contribution in [3.05, 3.63) is 42.0 Å². The van der Waals surface area contributed by atoms with E-state index in [1.165, 1.54) is 19.4 Å². The first-order valence-electron chi connectivity index (χ1n) is 7.42. The standard InChI is InChI=1S/C16H21N5/c1-12-5-3-7-15(19-12)20-16-10-17-14(9-18-16)13-6-4-8-21(2)11-13/h3,5,7,9-10,13H,4,6,8,11H2,1-2H3,(H,18,19,20)/t13-/m0/s1. The number of anilines is 2. The molecule has 1 saturated heterocycles. The number of rotatable bonds is 3. The maximum Gasteiger partial charge on any atom is 0.150 e. The monoisotopic (exact) mass is 283 g/mol. The molecule has 0 spiro atoms. The van der Waals surface area contributed by atoms with E-state index in [4.69, 9.17) is 0 Å². The lowest BCUT2D eigenvalue weighted by Crippen LogP contribution is -2.31. The van der Waals surface area contributed by atoms with E-state index in [1.807, 2.05) is 31.3 Å². The van der Waals surface area contributed by atoms with Gasteiger partial charge in [0, 0.05) is 18.2 Å². The first-order valence-corrected chi connectivity index (χ1v) is 7.42. The molecule has 5 nitrogen and oxygen atoms in total. The summed E-state index contributed by atoms with van der Waals surface area (Å²) in [5, 5.41) is 3.19. The van der Waals surface area contributed by atoms with Gasteiger partial charge in [-0.1, -0.05) is 6.07 Å². The fourth-order valence-corrected chi connectivity index (χ4v) is 2.77. The van der Waals surface area contributed by atoms with Crippen LogP contribution in [-0.2, 0) is 0 Å². The van der Waals surface area contributed by atoms with Crippen LogP contribution in [0.15, 0.2) is 30.6 Å². The van der Waals surface area contributed by atoms with E-state index in [0.717, 1.165) is 29.6 Å². The molecule has 110 valence electrons. The van der Waals surface area contributed by atoms with Crippen molar-refractivity contribution in [1.82, 2.24) is 19.9 Å². The minimum absolute atomic E-state index is 0.502. The SMILES string of the molecule is Cc1cccc(Nc2cnc([C@H]3CCCN(C)C3)cn2)n1. The quantitative estimate of drug-likeness (QED) is 0.938. The van der Waals surface area contributed by atoms with E-state index >= 15 is 0 Å². The third kappa shape index (κ3) is 3.55. The zero-order valence-electron chi connectivity index (χ0n) is 12.6. The Balaban J connectivity index is 1.69. The summed E-state index contributed by atoms with van der Waals surface area (Å²) in [7, 11) is 2.17. The molecule has 1 aliphatic rings. The molecule has 0 aliphatic carbocycles. The van der Waals surface area contributed by atoms with Crippen molar-refractivity contribution in [2.75, 3.05) is 25.5 Å². The van der Waals surface area contributed by atoms with Gasteiger partial charge in [-0.25, -0.2) is 9.97 Å². The van der Waals surface area contributed by atoms with Gasteiger partial charge in [0.15, 0.2) is 0 Å². The predicted octanol–water partition coefficient (Wildman–Crippen LogP) is 2.73. The van der Waals surface area contributed by atoms with Crippen LogP contribution < -0.4 is 5.32 Å². The molecule has 1 atom stereocenters. The van der Waals surface area contributed by atoms with Crippen molar-refractivity contribution in [1.29, 1.82) is 0 Å². The van der Waals surface area contributed by atoms with E-state index in [1.54, 1.807) is 6.20 Å². The van der Waals surface area contributed by atoms with Crippen molar-refractivity contribution in [3.63, 3.8) is 0 Å². The number of aryl methyl sites for hydroxylation is 1. The average Bonchev–Trinajstić information content (AvgIpc) is 2.48. The summed E-state index contributed by atoms with van der Waals surface area (Å²) < 4.78 is 0. The molecule has 3 rings (SSSR count). The van der Waals surface area contributed by atoms with E-state index in [9.17, 15) is 0 Å². The van der Waals surface area contributed by atoms with Crippen molar-refractivity contribution < 1.29 is 0 Å². The summed E-state index contributed by atoms with van der Waals surface area (Å²) in [6.07, 6.45) is 6.12. The highest BCUT2D eigenvalue weighted by Crippen LogP contribution is 2.24. The number of nitrogens with one attached hydrogen (secondary N) is 1. The van der Waals surface area contributed by atoms with Gasteiger partial charge in [0.05, 0.1) is 18.1 Å². The Labute approximate surface area is 125 Å². The van der Waals surface area contributed by atoms with Gasteiger partial charge >= 0.3 is 0 Å². The molecule has 1 fully saturated rings. The van der Waals surface area contributed by atoms with Crippen LogP contribution in [0.3, 0.4) is 0 Å². The van der Waals surface area contributed by atoms with Crippen molar-refractivity contribution in [2.24, 2.45) is 0 Å². The Morgan fingerprint density at radius 2 is 2.10 bits per heavy atom. The van der Waals surface area contributed by atoms with E-state index in [2.05, 4.69) is 32.2 Å². The molecule has 1 N–H and O–H groups in total. The van der Waals surface area contributed by atoms with Crippen LogP contribution in [0.1, 0.15) is 30.1 Å². The summed E-state index contributed by atoms with van der Waals surface area (Å²) in [6, 6.07) is 5.88. The molecule has 2 aromatic rings. The predicted molar refractivity (Wildman–Crippen MR) is 83.8 cm³/mol. The van der Waals surface area contributed by atoms with Crippen LogP contribution in [0.2, 0.25) is 0 Å². The highest BCUT2D eigenvalue weighted by atomic mass is 15.1. The van der Waals surface area contributed by atoms with Crippen LogP contribution in [0.5, 0.6) is 0 Å². The van der Waals surface area contributed by atoms with Gasteiger partial charge in [-0.05, 0) is 45.5 Å². The van der Waals surface area contributed by atoms with Crippen LogP contribution in [-0.4, -0.2) is 40.0 Å². The van der Waals surface area contributed by atoms with E-state index in [0.29, 0.717) is 5.92 Å². The first-order chi connectivity index (χ1) is 10.2. The van der Waals surface area contributed by atoms with Crippen molar-refractivity contribution >= 4 is 11.6 Å². The molecule has 0 saturated carbocycles. The van der Waals surface area contributed by atoms with Gasteiger partial charge in [-0.2, -0.15) is 0 Å². The molecule has 0 aromatic carbocycles. The Bertz CT molecular complexity index is 596. The number of likely N-dealkylation sites (N-methyl/N-ethyl adjacent to an activating group) is 1. The molecule has 1 aliphatic heterocycles. The molecule has 0 radical (unpaired) electrons. The number of hydrogen-bond donors (Lipinski definition) is 1. The zero-order valence-corrected chi connectivity index (χ0v) is 12.6. The second kappa shape index (κ2) is 6.18. The first kappa shape index (κ1) is 13.9. The van der Waals surface area contributed by atoms with Gasteiger partial charge in [-0.15, -0.1) is 0 Å². The molecule has 0 amide bonds. The maximum absolute atomic E-state index is 4.58. The Morgan fingerprint density at radius 1 is 1.19 bits per heavy atom. The summed E-state index contributed by atoms with van der Waals surface area (Å²) in [5.74, 6) is 2.04. The number of pyridine rings is 1. The summed E-state index contributed by atoms with van der Waals surface area (Å²) in [5.41, 5.74) is 2.07. The molecule has 5 heteroatoms. The number of likely N-dealkylation sites (tertiary alicyclic amines) is 1. The highest BCUT2D eigenvalue weighted by Gasteiger charge is 2.20. The fraction of sp³-hybridized carbons (Fsp3) is 0.438. The lowest BCUT2D eigenvalue weighted by atomic mass is 9.95. The lowest BCUT2D eigenvalue weighted by molar-refractivity contribution is 0.248. The minimum Gasteiger partial charge on any atom is -0.324 e. The van der Waals surface area contributed by atoms with Gasteiger partial charge in [-0.3, -0.25) is 4.98 Å². The molecular formula is C16H21N5. The third-order valence-electron chi connectivity index (χ3n) is 3.86. The van der Waals surface area contributed by atoms with Crippen LogP contribution in [0.25, 0.3) is 0 Å². The van der Waals surface area contributed by atoms with Gasteiger partial charge in [0.1, 0.15) is 11.6 Å².